The quantitative estimate of drug-likeness (QED) is 0.875. The van der Waals surface area contributed by atoms with Crippen molar-refractivity contribution < 1.29 is 0 Å². The monoisotopic (exact) mass is 294 g/mol. The van der Waals surface area contributed by atoms with Gasteiger partial charge < -0.3 is 5.32 Å². The lowest BCUT2D eigenvalue weighted by atomic mass is 10.0. The van der Waals surface area contributed by atoms with Crippen LogP contribution in [0.25, 0.3) is 0 Å². The maximum absolute atomic E-state index is 3.75. The maximum Gasteiger partial charge on any atom is 0.0234 e. The van der Waals surface area contributed by atoms with Crippen LogP contribution in [-0.2, 0) is 6.54 Å². The summed E-state index contributed by atoms with van der Waals surface area (Å²) in [4.78, 5) is 2.56. The minimum Gasteiger partial charge on any atom is -0.312 e. The van der Waals surface area contributed by atoms with Crippen molar-refractivity contribution in [2.75, 3.05) is 19.6 Å². The molecule has 0 aromatic heterocycles. The van der Waals surface area contributed by atoms with Crippen LogP contribution in [0.2, 0.25) is 0 Å². The van der Waals surface area contributed by atoms with Crippen LogP contribution in [0, 0.1) is 0 Å². The van der Waals surface area contributed by atoms with Crippen LogP contribution in [-0.4, -0.2) is 30.6 Å². The Hall–Kier alpha value is -1.64. The van der Waals surface area contributed by atoms with Gasteiger partial charge in [-0.05, 0) is 23.5 Å². The van der Waals surface area contributed by atoms with E-state index in [4.69, 9.17) is 0 Å². The largest absolute Gasteiger partial charge is 0.312 e. The van der Waals surface area contributed by atoms with Gasteiger partial charge in [-0.2, -0.15) is 0 Å². The fourth-order valence-electron chi connectivity index (χ4n) is 3.23. The lowest BCUT2D eigenvalue weighted by Gasteiger charge is -2.19. The predicted molar refractivity (Wildman–Crippen MR) is 93.0 cm³/mol. The third-order valence-corrected chi connectivity index (χ3v) is 4.60. The molecule has 116 valence electrons. The Bertz CT molecular complexity index is 552. The Morgan fingerprint density at radius 3 is 2.45 bits per heavy atom. The summed E-state index contributed by atoms with van der Waals surface area (Å²) in [6.07, 6.45) is 1.26. The lowest BCUT2D eigenvalue weighted by molar-refractivity contribution is 0.319. The number of benzene rings is 2. The molecule has 0 bridgehead atoms. The van der Waals surface area contributed by atoms with E-state index >= 15 is 0 Å². The smallest absolute Gasteiger partial charge is 0.0234 e. The van der Waals surface area contributed by atoms with Gasteiger partial charge in [0.2, 0.25) is 0 Å². The zero-order chi connectivity index (χ0) is 15.2. The van der Waals surface area contributed by atoms with E-state index < -0.39 is 0 Å². The van der Waals surface area contributed by atoms with Crippen LogP contribution in [0.3, 0.4) is 0 Å². The molecule has 0 aliphatic carbocycles. The zero-order valence-electron chi connectivity index (χ0n) is 13.4. The van der Waals surface area contributed by atoms with Crippen molar-refractivity contribution in [1.82, 2.24) is 10.2 Å². The minimum atomic E-state index is 0.573. The molecule has 2 unspecified atom stereocenters. The minimum absolute atomic E-state index is 0.573. The summed E-state index contributed by atoms with van der Waals surface area (Å²) in [5, 5.41) is 3.75. The summed E-state index contributed by atoms with van der Waals surface area (Å²) in [7, 11) is 0. The maximum atomic E-state index is 3.75. The molecule has 2 aromatic carbocycles. The van der Waals surface area contributed by atoms with Crippen molar-refractivity contribution >= 4 is 0 Å². The fourth-order valence-corrected chi connectivity index (χ4v) is 3.23. The van der Waals surface area contributed by atoms with Crippen molar-refractivity contribution in [3.63, 3.8) is 0 Å². The van der Waals surface area contributed by atoms with Gasteiger partial charge in [0.25, 0.3) is 0 Å². The molecule has 1 N–H and O–H groups in total. The summed E-state index contributed by atoms with van der Waals surface area (Å²) in [5.41, 5.74) is 2.84. The van der Waals surface area contributed by atoms with Crippen LogP contribution in [0.15, 0.2) is 60.7 Å². The molecule has 0 saturated carbocycles. The standard InChI is InChI=1S/C20H26N2/c1-17(19-10-6-3-7-11-19)14-21-20-12-13-22(16-20)15-18-8-4-2-5-9-18/h2-11,17,20-21H,12-16H2,1H3. The summed E-state index contributed by atoms with van der Waals surface area (Å²) >= 11 is 0. The van der Waals surface area contributed by atoms with Crippen molar-refractivity contribution in [3.05, 3.63) is 71.8 Å². The highest BCUT2D eigenvalue weighted by Crippen LogP contribution is 2.16. The summed E-state index contributed by atoms with van der Waals surface area (Å²) < 4.78 is 0. The number of nitrogens with one attached hydrogen (secondary N) is 1. The Labute approximate surface area is 134 Å². The molecule has 2 heteroatoms. The molecule has 2 atom stereocenters. The Morgan fingerprint density at radius 1 is 1.05 bits per heavy atom. The number of hydrogen-bond donors (Lipinski definition) is 1. The van der Waals surface area contributed by atoms with E-state index in [1.807, 2.05) is 0 Å². The van der Waals surface area contributed by atoms with Gasteiger partial charge in [0, 0.05) is 32.2 Å². The van der Waals surface area contributed by atoms with E-state index in [0.717, 1.165) is 19.6 Å². The zero-order valence-corrected chi connectivity index (χ0v) is 13.4. The number of nitrogens with zero attached hydrogens (tertiary/aromatic N) is 1. The van der Waals surface area contributed by atoms with Crippen LogP contribution in [0.5, 0.6) is 0 Å². The first kappa shape index (κ1) is 15.3. The van der Waals surface area contributed by atoms with Gasteiger partial charge in [-0.3, -0.25) is 4.90 Å². The molecule has 1 aliphatic rings. The molecule has 1 aliphatic heterocycles. The molecule has 1 fully saturated rings. The average molecular weight is 294 g/mol. The van der Waals surface area contributed by atoms with Gasteiger partial charge in [0.15, 0.2) is 0 Å². The molecular weight excluding hydrogens is 268 g/mol. The first-order chi connectivity index (χ1) is 10.8. The van der Waals surface area contributed by atoms with Crippen molar-refractivity contribution in [2.45, 2.75) is 31.8 Å². The molecule has 1 saturated heterocycles. The molecule has 2 nitrogen and oxygen atoms in total. The van der Waals surface area contributed by atoms with E-state index in [-0.39, 0.29) is 0 Å². The second-order valence-electron chi connectivity index (χ2n) is 6.43. The van der Waals surface area contributed by atoms with Crippen LogP contribution in [0.1, 0.15) is 30.4 Å². The van der Waals surface area contributed by atoms with Gasteiger partial charge in [0.1, 0.15) is 0 Å². The number of hydrogen-bond acceptors (Lipinski definition) is 2. The third-order valence-electron chi connectivity index (χ3n) is 4.60. The van der Waals surface area contributed by atoms with Gasteiger partial charge in [-0.15, -0.1) is 0 Å². The van der Waals surface area contributed by atoms with E-state index in [9.17, 15) is 0 Å². The number of rotatable bonds is 6. The normalized spacial score (nSPS) is 20.1. The van der Waals surface area contributed by atoms with Gasteiger partial charge >= 0.3 is 0 Å². The molecule has 2 aromatic rings. The average Bonchev–Trinajstić information content (AvgIpc) is 3.02. The summed E-state index contributed by atoms with van der Waals surface area (Å²) in [5.74, 6) is 0.573. The molecule has 22 heavy (non-hydrogen) atoms. The summed E-state index contributed by atoms with van der Waals surface area (Å²) in [6.45, 7) is 6.81. The van der Waals surface area contributed by atoms with E-state index in [2.05, 4.69) is 77.8 Å². The third kappa shape index (κ3) is 4.19. The molecule has 0 amide bonds. The number of likely N-dealkylation sites (tertiary alicyclic amines) is 1. The predicted octanol–water partition coefficient (Wildman–Crippen LogP) is 3.65. The summed E-state index contributed by atoms with van der Waals surface area (Å²) in [6, 6.07) is 22.2. The molecule has 3 rings (SSSR count). The van der Waals surface area contributed by atoms with Crippen molar-refractivity contribution in [2.24, 2.45) is 0 Å². The first-order valence-electron chi connectivity index (χ1n) is 8.36. The van der Waals surface area contributed by atoms with E-state index in [1.165, 1.54) is 24.1 Å². The molecule has 1 heterocycles. The van der Waals surface area contributed by atoms with Gasteiger partial charge in [-0.1, -0.05) is 67.6 Å². The molecular formula is C20H26N2. The Morgan fingerprint density at radius 2 is 1.73 bits per heavy atom. The van der Waals surface area contributed by atoms with Gasteiger partial charge in [-0.25, -0.2) is 0 Å². The SMILES string of the molecule is CC(CNC1CCN(Cc2ccccc2)C1)c1ccccc1. The van der Waals surface area contributed by atoms with E-state index in [1.54, 1.807) is 0 Å². The second kappa shape index (κ2) is 7.57. The topological polar surface area (TPSA) is 15.3 Å². The van der Waals surface area contributed by atoms with Crippen molar-refractivity contribution in [3.8, 4) is 0 Å². The van der Waals surface area contributed by atoms with E-state index in [0.29, 0.717) is 12.0 Å². The van der Waals surface area contributed by atoms with Crippen LogP contribution in [0.4, 0.5) is 0 Å². The Kier molecular flexibility index (Phi) is 5.25. The first-order valence-corrected chi connectivity index (χ1v) is 8.36. The fraction of sp³-hybridized carbons (Fsp3) is 0.400. The molecule has 0 radical (unpaired) electrons. The lowest BCUT2D eigenvalue weighted by Crippen LogP contribution is -2.34. The highest BCUT2D eigenvalue weighted by Gasteiger charge is 2.22. The second-order valence-corrected chi connectivity index (χ2v) is 6.43. The highest BCUT2D eigenvalue weighted by atomic mass is 15.2. The molecule has 0 spiro atoms. The Balaban J connectivity index is 1.43. The van der Waals surface area contributed by atoms with Crippen molar-refractivity contribution in [1.29, 1.82) is 0 Å². The highest BCUT2D eigenvalue weighted by molar-refractivity contribution is 5.19. The van der Waals surface area contributed by atoms with Crippen LogP contribution < -0.4 is 5.32 Å². The van der Waals surface area contributed by atoms with Gasteiger partial charge in [0.05, 0.1) is 0 Å². The van der Waals surface area contributed by atoms with Crippen LogP contribution >= 0.6 is 0 Å².